The van der Waals surface area contributed by atoms with Crippen LogP contribution in [0.3, 0.4) is 0 Å². The maximum Gasteiger partial charge on any atom is 0.308 e. The van der Waals surface area contributed by atoms with E-state index >= 15 is 0 Å². The third kappa shape index (κ3) is 3.44. The van der Waals surface area contributed by atoms with E-state index in [1.54, 1.807) is 0 Å². The van der Waals surface area contributed by atoms with Crippen molar-refractivity contribution < 1.29 is 9.90 Å². The maximum absolute atomic E-state index is 11.1. The van der Waals surface area contributed by atoms with Crippen molar-refractivity contribution >= 4 is 5.97 Å². The average molecular weight is 239 g/mol. The van der Waals surface area contributed by atoms with E-state index in [1.165, 1.54) is 38.5 Å². The number of carboxylic acid groups (broad SMARTS) is 1. The van der Waals surface area contributed by atoms with Crippen LogP contribution >= 0.6 is 0 Å². The molecule has 0 bridgehead atoms. The van der Waals surface area contributed by atoms with Crippen LogP contribution in [0.1, 0.15) is 45.4 Å². The molecule has 0 unspecified atom stereocenters. The first-order chi connectivity index (χ1) is 8.16. The molecule has 98 valence electrons. The number of rotatable bonds is 3. The summed E-state index contributed by atoms with van der Waals surface area (Å²) >= 11 is 0. The Kier molecular flexibility index (Phi) is 4.43. The van der Waals surface area contributed by atoms with Crippen molar-refractivity contribution in [2.45, 2.75) is 45.4 Å². The van der Waals surface area contributed by atoms with E-state index in [-0.39, 0.29) is 5.92 Å². The van der Waals surface area contributed by atoms with Gasteiger partial charge in [0.15, 0.2) is 0 Å². The van der Waals surface area contributed by atoms with Gasteiger partial charge in [-0.2, -0.15) is 0 Å². The van der Waals surface area contributed by atoms with E-state index in [0.717, 1.165) is 25.6 Å². The summed E-state index contributed by atoms with van der Waals surface area (Å²) in [7, 11) is 0. The van der Waals surface area contributed by atoms with Crippen molar-refractivity contribution in [2.24, 2.45) is 17.8 Å². The van der Waals surface area contributed by atoms with Crippen LogP contribution in [0, 0.1) is 17.8 Å². The van der Waals surface area contributed by atoms with Crippen LogP contribution in [0.5, 0.6) is 0 Å². The Morgan fingerprint density at radius 1 is 1.18 bits per heavy atom. The summed E-state index contributed by atoms with van der Waals surface area (Å²) in [6.45, 7) is 4.96. The molecule has 3 heteroatoms. The summed E-state index contributed by atoms with van der Waals surface area (Å²) < 4.78 is 0. The number of carboxylic acids is 1. The second kappa shape index (κ2) is 5.85. The van der Waals surface area contributed by atoms with Gasteiger partial charge in [0.25, 0.3) is 0 Å². The first-order valence-electron chi connectivity index (χ1n) is 7.12. The van der Waals surface area contributed by atoms with E-state index in [4.69, 9.17) is 5.11 Å². The zero-order valence-electron chi connectivity index (χ0n) is 10.9. The second-order valence-electron chi connectivity index (χ2n) is 6.00. The lowest BCUT2D eigenvalue weighted by Crippen LogP contribution is -2.28. The number of aliphatic carboxylic acids is 1. The van der Waals surface area contributed by atoms with Crippen molar-refractivity contribution in [3.05, 3.63) is 0 Å². The minimum Gasteiger partial charge on any atom is -0.481 e. The molecule has 0 spiro atoms. The lowest BCUT2D eigenvalue weighted by Gasteiger charge is -2.22. The summed E-state index contributed by atoms with van der Waals surface area (Å²) in [5.74, 6) is 0.386. The maximum atomic E-state index is 11.1. The monoisotopic (exact) mass is 239 g/mol. The normalized spacial score (nSPS) is 32.5. The molecule has 17 heavy (non-hydrogen) atoms. The van der Waals surface area contributed by atoms with Crippen LogP contribution in [-0.2, 0) is 4.79 Å². The quantitative estimate of drug-likeness (QED) is 0.770. The fourth-order valence-electron chi connectivity index (χ4n) is 3.45. The molecule has 2 rings (SSSR count). The predicted molar refractivity (Wildman–Crippen MR) is 67.9 cm³/mol. The first kappa shape index (κ1) is 12.9. The van der Waals surface area contributed by atoms with Gasteiger partial charge in [-0.05, 0) is 24.7 Å². The van der Waals surface area contributed by atoms with Gasteiger partial charge < -0.3 is 10.0 Å². The number of hydrogen-bond acceptors (Lipinski definition) is 2. The molecule has 2 aliphatic rings. The van der Waals surface area contributed by atoms with Crippen LogP contribution in [0.2, 0.25) is 0 Å². The van der Waals surface area contributed by atoms with Crippen LogP contribution in [0.25, 0.3) is 0 Å². The van der Waals surface area contributed by atoms with Crippen molar-refractivity contribution in [1.29, 1.82) is 0 Å². The molecule has 3 nitrogen and oxygen atoms in total. The molecule has 2 atom stereocenters. The Labute approximate surface area is 104 Å². The van der Waals surface area contributed by atoms with Gasteiger partial charge in [-0.15, -0.1) is 0 Å². The van der Waals surface area contributed by atoms with Gasteiger partial charge in [0.05, 0.1) is 5.92 Å². The molecule has 0 aromatic carbocycles. The zero-order chi connectivity index (χ0) is 12.3. The Morgan fingerprint density at radius 3 is 2.35 bits per heavy atom. The fourth-order valence-corrected chi connectivity index (χ4v) is 3.45. The highest BCUT2D eigenvalue weighted by atomic mass is 16.4. The number of hydrogen-bond donors (Lipinski definition) is 1. The molecule has 0 aromatic rings. The van der Waals surface area contributed by atoms with E-state index in [9.17, 15) is 4.79 Å². The van der Waals surface area contributed by atoms with Crippen molar-refractivity contribution in [1.82, 2.24) is 4.90 Å². The highest BCUT2D eigenvalue weighted by Crippen LogP contribution is 2.28. The molecular formula is C14H25NO2. The molecule has 1 heterocycles. The third-order valence-corrected chi connectivity index (χ3v) is 4.50. The summed E-state index contributed by atoms with van der Waals surface area (Å²) in [6.07, 6.45) is 8.23. The van der Waals surface area contributed by atoms with Gasteiger partial charge in [0.2, 0.25) is 0 Å². The smallest absolute Gasteiger partial charge is 0.308 e. The van der Waals surface area contributed by atoms with Crippen LogP contribution in [0.4, 0.5) is 0 Å². The van der Waals surface area contributed by atoms with Gasteiger partial charge in [-0.25, -0.2) is 0 Å². The minimum atomic E-state index is -0.610. The molecule has 1 saturated heterocycles. The largest absolute Gasteiger partial charge is 0.481 e. The van der Waals surface area contributed by atoms with E-state index in [2.05, 4.69) is 11.8 Å². The second-order valence-corrected chi connectivity index (χ2v) is 6.00. The first-order valence-corrected chi connectivity index (χ1v) is 7.12. The highest BCUT2D eigenvalue weighted by molar-refractivity contribution is 5.71. The topological polar surface area (TPSA) is 40.5 Å². The molecule has 1 N–H and O–H groups in total. The summed E-state index contributed by atoms with van der Waals surface area (Å²) in [5.41, 5.74) is 0. The Balaban J connectivity index is 1.81. The molecule has 0 aromatic heterocycles. The standard InChI is InChI=1S/C14H25NO2/c1-11-8-15(10-13(11)14(16)17)9-12-6-4-2-3-5-7-12/h11-13H,2-10H2,1H3,(H,16,17)/t11-,13-/m1/s1. The summed E-state index contributed by atoms with van der Waals surface area (Å²) in [6, 6.07) is 0. The number of carbonyl (C=O) groups is 1. The Bertz CT molecular complexity index is 259. The van der Waals surface area contributed by atoms with Crippen molar-refractivity contribution in [3.63, 3.8) is 0 Å². The van der Waals surface area contributed by atoms with Crippen LogP contribution in [0.15, 0.2) is 0 Å². The summed E-state index contributed by atoms with van der Waals surface area (Å²) in [5, 5.41) is 9.13. The Morgan fingerprint density at radius 2 is 1.82 bits per heavy atom. The molecule has 0 amide bonds. The van der Waals surface area contributed by atoms with Crippen LogP contribution in [-0.4, -0.2) is 35.6 Å². The lowest BCUT2D eigenvalue weighted by atomic mass is 9.99. The Hall–Kier alpha value is -0.570. The minimum absolute atomic E-state index is 0.138. The fraction of sp³-hybridized carbons (Fsp3) is 0.929. The van der Waals surface area contributed by atoms with E-state index < -0.39 is 5.97 Å². The van der Waals surface area contributed by atoms with Crippen LogP contribution < -0.4 is 0 Å². The lowest BCUT2D eigenvalue weighted by molar-refractivity contribution is -0.142. The highest BCUT2D eigenvalue weighted by Gasteiger charge is 2.35. The van der Waals surface area contributed by atoms with Gasteiger partial charge >= 0.3 is 5.97 Å². The van der Waals surface area contributed by atoms with Gasteiger partial charge in [-0.1, -0.05) is 32.6 Å². The molecular weight excluding hydrogens is 214 g/mol. The summed E-state index contributed by atoms with van der Waals surface area (Å²) in [4.78, 5) is 13.5. The molecule has 1 aliphatic heterocycles. The zero-order valence-corrected chi connectivity index (χ0v) is 10.9. The molecule has 1 aliphatic carbocycles. The molecule has 1 saturated carbocycles. The number of likely N-dealkylation sites (tertiary alicyclic amines) is 1. The van der Waals surface area contributed by atoms with Crippen molar-refractivity contribution in [2.75, 3.05) is 19.6 Å². The predicted octanol–water partition coefficient (Wildman–Crippen LogP) is 2.61. The van der Waals surface area contributed by atoms with Crippen molar-refractivity contribution in [3.8, 4) is 0 Å². The van der Waals surface area contributed by atoms with E-state index in [1.807, 2.05) is 0 Å². The number of nitrogens with zero attached hydrogens (tertiary/aromatic N) is 1. The molecule has 0 radical (unpaired) electrons. The van der Waals surface area contributed by atoms with E-state index in [0.29, 0.717) is 5.92 Å². The van der Waals surface area contributed by atoms with Gasteiger partial charge in [0, 0.05) is 19.6 Å². The molecule has 2 fully saturated rings. The van der Waals surface area contributed by atoms with Gasteiger partial charge in [0.1, 0.15) is 0 Å². The van der Waals surface area contributed by atoms with Gasteiger partial charge in [-0.3, -0.25) is 4.79 Å². The third-order valence-electron chi connectivity index (χ3n) is 4.50. The SMILES string of the molecule is C[C@@H]1CN(CC2CCCCCC2)C[C@H]1C(=O)O. The average Bonchev–Trinajstić information content (AvgIpc) is 2.50.